The molecule has 2 aromatic rings. The highest BCUT2D eigenvalue weighted by molar-refractivity contribution is 7.99. The summed E-state index contributed by atoms with van der Waals surface area (Å²) in [4.78, 5) is 0. The zero-order valence-corrected chi connectivity index (χ0v) is 11.7. The predicted molar refractivity (Wildman–Crippen MR) is 71.6 cm³/mol. The first-order valence-corrected chi connectivity index (χ1v) is 6.92. The monoisotopic (exact) mass is 266 g/mol. The van der Waals surface area contributed by atoms with Crippen molar-refractivity contribution in [2.45, 2.75) is 25.0 Å². The van der Waals surface area contributed by atoms with Crippen LogP contribution in [0.3, 0.4) is 0 Å². The molecule has 0 amide bonds. The van der Waals surface area contributed by atoms with Crippen LogP contribution in [-0.2, 0) is 7.05 Å². The van der Waals surface area contributed by atoms with Gasteiger partial charge in [-0.2, -0.15) is 0 Å². The fourth-order valence-corrected chi connectivity index (χ4v) is 2.40. The molecule has 0 radical (unpaired) electrons. The molecule has 2 heterocycles. The Labute approximate surface area is 111 Å². The minimum Gasteiger partial charge on any atom is -0.468 e. The first kappa shape index (κ1) is 13.2. The molecule has 5 nitrogen and oxygen atoms in total. The topological polar surface area (TPSA) is 55.9 Å². The normalized spacial score (nSPS) is 12.8. The minimum absolute atomic E-state index is 0.238. The Morgan fingerprint density at radius 3 is 2.94 bits per heavy atom. The summed E-state index contributed by atoms with van der Waals surface area (Å²) in [6.07, 6.45) is 1.70. The first-order valence-electron chi connectivity index (χ1n) is 5.94. The van der Waals surface area contributed by atoms with E-state index in [-0.39, 0.29) is 6.04 Å². The second-order valence-corrected chi connectivity index (χ2v) is 5.19. The van der Waals surface area contributed by atoms with E-state index in [9.17, 15) is 0 Å². The number of hydrogen-bond acceptors (Lipinski definition) is 5. The molecule has 2 aromatic heterocycles. The van der Waals surface area contributed by atoms with Gasteiger partial charge in [-0.15, -0.1) is 10.2 Å². The van der Waals surface area contributed by atoms with Crippen LogP contribution < -0.4 is 5.32 Å². The Hall–Kier alpha value is -1.27. The van der Waals surface area contributed by atoms with Gasteiger partial charge in [0.15, 0.2) is 5.16 Å². The van der Waals surface area contributed by atoms with Crippen LogP contribution in [0.25, 0.3) is 0 Å². The van der Waals surface area contributed by atoms with E-state index in [0.29, 0.717) is 0 Å². The Morgan fingerprint density at radius 2 is 2.33 bits per heavy atom. The van der Waals surface area contributed by atoms with Gasteiger partial charge in [0.2, 0.25) is 0 Å². The molecule has 0 saturated heterocycles. The van der Waals surface area contributed by atoms with Gasteiger partial charge in [-0.05, 0) is 26.0 Å². The number of hydrogen-bond donors (Lipinski definition) is 1. The molecule has 0 saturated carbocycles. The third kappa shape index (κ3) is 3.14. The fraction of sp³-hybridized carbons (Fsp3) is 0.500. The summed E-state index contributed by atoms with van der Waals surface area (Å²) in [7, 11) is 1.98. The third-order valence-corrected chi connectivity index (χ3v) is 3.83. The second-order valence-electron chi connectivity index (χ2n) is 4.13. The van der Waals surface area contributed by atoms with Gasteiger partial charge >= 0.3 is 0 Å². The van der Waals surface area contributed by atoms with Crippen molar-refractivity contribution in [3.05, 3.63) is 30.0 Å². The Morgan fingerprint density at radius 1 is 1.50 bits per heavy atom. The Kier molecular flexibility index (Phi) is 4.43. The third-order valence-electron chi connectivity index (χ3n) is 2.81. The zero-order valence-electron chi connectivity index (χ0n) is 10.9. The summed E-state index contributed by atoms with van der Waals surface area (Å²) < 4.78 is 7.34. The lowest BCUT2D eigenvalue weighted by atomic mass is 10.2. The fourth-order valence-electron chi connectivity index (χ4n) is 1.57. The zero-order chi connectivity index (χ0) is 13.0. The molecule has 0 aliphatic rings. The minimum atomic E-state index is 0.238. The number of furan rings is 1. The maximum absolute atomic E-state index is 5.34. The number of nitrogens with zero attached hydrogens (tertiary/aromatic N) is 3. The van der Waals surface area contributed by atoms with Crippen molar-refractivity contribution in [2.24, 2.45) is 7.05 Å². The number of thioether (sulfide) groups is 1. The number of rotatable bonds is 6. The lowest BCUT2D eigenvalue weighted by Gasteiger charge is -2.10. The van der Waals surface area contributed by atoms with Gasteiger partial charge in [-0.25, -0.2) is 0 Å². The van der Waals surface area contributed by atoms with Crippen LogP contribution in [0, 0.1) is 6.92 Å². The Bertz CT molecular complexity index is 480. The van der Waals surface area contributed by atoms with E-state index in [1.165, 1.54) is 0 Å². The summed E-state index contributed by atoms with van der Waals surface area (Å²) in [6, 6.07) is 4.13. The lowest BCUT2D eigenvalue weighted by Crippen LogP contribution is -2.21. The van der Waals surface area contributed by atoms with Gasteiger partial charge in [0, 0.05) is 19.3 Å². The van der Waals surface area contributed by atoms with Crippen molar-refractivity contribution < 1.29 is 4.42 Å². The first-order chi connectivity index (χ1) is 8.68. The Balaban J connectivity index is 1.72. The number of aromatic nitrogens is 3. The number of nitrogens with one attached hydrogen (secondary N) is 1. The molecule has 1 atom stereocenters. The highest BCUT2D eigenvalue weighted by Gasteiger charge is 2.08. The summed E-state index contributed by atoms with van der Waals surface area (Å²) in [5, 5.41) is 12.5. The van der Waals surface area contributed by atoms with Crippen molar-refractivity contribution in [3.63, 3.8) is 0 Å². The van der Waals surface area contributed by atoms with E-state index in [1.807, 2.05) is 30.7 Å². The van der Waals surface area contributed by atoms with Gasteiger partial charge in [0.25, 0.3) is 0 Å². The molecule has 0 spiro atoms. The van der Waals surface area contributed by atoms with E-state index in [1.54, 1.807) is 18.0 Å². The van der Waals surface area contributed by atoms with Crippen molar-refractivity contribution in [1.29, 1.82) is 0 Å². The maximum Gasteiger partial charge on any atom is 0.190 e. The highest BCUT2D eigenvalue weighted by Crippen LogP contribution is 2.15. The van der Waals surface area contributed by atoms with Crippen LogP contribution in [0.4, 0.5) is 0 Å². The molecule has 0 aromatic carbocycles. The highest BCUT2D eigenvalue weighted by atomic mass is 32.2. The van der Waals surface area contributed by atoms with Crippen LogP contribution >= 0.6 is 11.8 Å². The molecule has 0 aliphatic carbocycles. The van der Waals surface area contributed by atoms with Crippen LogP contribution in [0.1, 0.15) is 24.6 Å². The second kappa shape index (κ2) is 6.06. The SMILES string of the molecule is Cc1nnc(SCCNC(C)c2ccco2)n1C. The molecule has 0 aliphatic heterocycles. The summed E-state index contributed by atoms with van der Waals surface area (Å²) in [6.45, 7) is 4.95. The average Bonchev–Trinajstić information content (AvgIpc) is 2.99. The molecule has 98 valence electrons. The molecule has 0 bridgehead atoms. The quantitative estimate of drug-likeness (QED) is 0.641. The molecule has 6 heteroatoms. The van der Waals surface area contributed by atoms with Crippen molar-refractivity contribution in [3.8, 4) is 0 Å². The van der Waals surface area contributed by atoms with E-state index in [0.717, 1.165) is 29.0 Å². The lowest BCUT2D eigenvalue weighted by molar-refractivity contribution is 0.438. The van der Waals surface area contributed by atoms with Gasteiger partial charge < -0.3 is 14.3 Å². The van der Waals surface area contributed by atoms with Crippen molar-refractivity contribution in [2.75, 3.05) is 12.3 Å². The van der Waals surface area contributed by atoms with Crippen LogP contribution in [-0.4, -0.2) is 27.1 Å². The largest absolute Gasteiger partial charge is 0.468 e. The van der Waals surface area contributed by atoms with Gasteiger partial charge in [0.05, 0.1) is 12.3 Å². The van der Waals surface area contributed by atoms with E-state index in [2.05, 4.69) is 22.4 Å². The van der Waals surface area contributed by atoms with E-state index in [4.69, 9.17) is 4.42 Å². The molecule has 0 fully saturated rings. The summed E-state index contributed by atoms with van der Waals surface area (Å²) in [5.41, 5.74) is 0. The van der Waals surface area contributed by atoms with Gasteiger partial charge in [0.1, 0.15) is 11.6 Å². The average molecular weight is 266 g/mol. The van der Waals surface area contributed by atoms with Crippen molar-refractivity contribution >= 4 is 11.8 Å². The van der Waals surface area contributed by atoms with Crippen LogP contribution in [0.2, 0.25) is 0 Å². The summed E-state index contributed by atoms with van der Waals surface area (Å²) in [5.74, 6) is 2.86. The van der Waals surface area contributed by atoms with Crippen molar-refractivity contribution in [1.82, 2.24) is 20.1 Å². The number of aryl methyl sites for hydroxylation is 1. The molecule has 1 unspecified atom stereocenters. The van der Waals surface area contributed by atoms with Crippen LogP contribution in [0.15, 0.2) is 28.0 Å². The maximum atomic E-state index is 5.34. The molecular weight excluding hydrogens is 248 g/mol. The van der Waals surface area contributed by atoms with Gasteiger partial charge in [-0.3, -0.25) is 0 Å². The van der Waals surface area contributed by atoms with Gasteiger partial charge in [-0.1, -0.05) is 11.8 Å². The standard InChI is InChI=1S/C12H18N4OS/c1-9(11-5-4-7-17-11)13-6-8-18-12-15-14-10(2)16(12)3/h4-5,7,9,13H,6,8H2,1-3H3. The van der Waals surface area contributed by atoms with Crippen LogP contribution in [0.5, 0.6) is 0 Å². The van der Waals surface area contributed by atoms with E-state index >= 15 is 0 Å². The molecule has 18 heavy (non-hydrogen) atoms. The summed E-state index contributed by atoms with van der Waals surface area (Å²) >= 11 is 1.70. The molecule has 2 rings (SSSR count). The molecular formula is C12H18N4OS. The molecule has 1 N–H and O–H groups in total. The van der Waals surface area contributed by atoms with E-state index < -0.39 is 0 Å². The predicted octanol–water partition coefficient (Wildman–Crippen LogP) is 2.16. The smallest absolute Gasteiger partial charge is 0.190 e.